The monoisotopic (exact) mass is 238 g/mol. The molecule has 3 nitrogen and oxygen atoms in total. The first-order valence-electron chi connectivity index (χ1n) is 5.83. The lowest BCUT2D eigenvalue weighted by molar-refractivity contribution is -0.130. The van der Waals surface area contributed by atoms with Gasteiger partial charge >= 0.3 is 0 Å². The Bertz CT molecular complexity index is 350. The molecule has 16 heavy (non-hydrogen) atoms. The summed E-state index contributed by atoms with van der Waals surface area (Å²) < 4.78 is 0. The van der Waals surface area contributed by atoms with E-state index in [0.717, 1.165) is 25.8 Å². The summed E-state index contributed by atoms with van der Waals surface area (Å²) in [6.07, 6.45) is 2.91. The lowest BCUT2D eigenvalue weighted by Crippen LogP contribution is -2.36. The summed E-state index contributed by atoms with van der Waals surface area (Å²) in [6, 6.07) is 4.12. The number of amides is 1. The van der Waals surface area contributed by atoms with Gasteiger partial charge in [0.2, 0.25) is 5.91 Å². The van der Waals surface area contributed by atoms with Crippen LogP contribution in [0.3, 0.4) is 0 Å². The zero-order chi connectivity index (χ0) is 11.5. The molecule has 0 radical (unpaired) electrons. The first-order valence-corrected chi connectivity index (χ1v) is 6.71. The predicted molar refractivity (Wildman–Crippen MR) is 66.3 cm³/mol. The maximum Gasteiger partial charge on any atom is 0.240 e. The minimum Gasteiger partial charge on any atom is -0.333 e. The fraction of sp³-hybridized carbons (Fsp3) is 0.583. The van der Waals surface area contributed by atoms with Gasteiger partial charge in [0.25, 0.3) is 0 Å². The standard InChI is InChI=1S/C12H18N2OS/c1-2-4-10(11-5-3-8-16-11)14-7-6-9(13)12(14)15/h3,5,8-10H,2,4,6-7,13H2,1H3. The second-order valence-corrected chi connectivity index (χ2v) is 5.23. The number of hydrogen-bond donors (Lipinski definition) is 1. The van der Waals surface area contributed by atoms with Crippen LogP contribution >= 0.6 is 11.3 Å². The first-order chi connectivity index (χ1) is 7.74. The van der Waals surface area contributed by atoms with E-state index in [0.29, 0.717) is 0 Å². The van der Waals surface area contributed by atoms with Crippen LogP contribution in [-0.2, 0) is 4.79 Å². The van der Waals surface area contributed by atoms with Crippen molar-refractivity contribution in [2.75, 3.05) is 6.54 Å². The summed E-state index contributed by atoms with van der Waals surface area (Å²) in [7, 11) is 0. The highest BCUT2D eigenvalue weighted by molar-refractivity contribution is 7.10. The molecular formula is C12H18N2OS. The van der Waals surface area contributed by atoms with Crippen LogP contribution < -0.4 is 5.73 Å². The summed E-state index contributed by atoms with van der Waals surface area (Å²) in [5.74, 6) is 0.117. The van der Waals surface area contributed by atoms with Crippen molar-refractivity contribution in [3.05, 3.63) is 22.4 Å². The van der Waals surface area contributed by atoms with E-state index in [-0.39, 0.29) is 18.0 Å². The number of nitrogens with two attached hydrogens (primary N) is 1. The maximum absolute atomic E-state index is 11.9. The van der Waals surface area contributed by atoms with Gasteiger partial charge in [0.1, 0.15) is 0 Å². The molecule has 1 aromatic heterocycles. The van der Waals surface area contributed by atoms with Crippen molar-refractivity contribution >= 4 is 17.2 Å². The van der Waals surface area contributed by atoms with E-state index < -0.39 is 0 Å². The first kappa shape index (κ1) is 11.6. The summed E-state index contributed by atoms with van der Waals surface area (Å²) in [5, 5.41) is 2.07. The molecule has 1 fully saturated rings. The smallest absolute Gasteiger partial charge is 0.240 e. The highest BCUT2D eigenvalue weighted by Gasteiger charge is 2.34. The van der Waals surface area contributed by atoms with E-state index in [9.17, 15) is 4.79 Å². The third-order valence-electron chi connectivity index (χ3n) is 3.09. The van der Waals surface area contributed by atoms with Crippen LogP contribution in [0.25, 0.3) is 0 Å². The quantitative estimate of drug-likeness (QED) is 0.873. The van der Waals surface area contributed by atoms with Gasteiger partial charge in [0.15, 0.2) is 0 Å². The summed E-state index contributed by atoms with van der Waals surface area (Å²) >= 11 is 1.73. The maximum atomic E-state index is 11.9. The molecule has 0 spiro atoms. The Morgan fingerprint density at radius 1 is 1.69 bits per heavy atom. The van der Waals surface area contributed by atoms with E-state index in [1.54, 1.807) is 11.3 Å². The van der Waals surface area contributed by atoms with Crippen molar-refractivity contribution in [2.45, 2.75) is 38.3 Å². The zero-order valence-corrected chi connectivity index (χ0v) is 10.4. The molecule has 0 bridgehead atoms. The molecule has 1 amide bonds. The summed E-state index contributed by atoms with van der Waals surface area (Å²) in [4.78, 5) is 15.2. The Kier molecular flexibility index (Phi) is 3.61. The number of carbonyl (C=O) groups excluding carboxylic acids is 1. The molecule has 0 aromatic carbocycles. The average molecular weight is 238 g/mol. The molecule has 2 rings (SSSR count). The summed E-state index contributed by atoms with van der Waals surface area (Å²) in [5.41, 5.74) is 5.77. The average Bonchev–Trinajstić information content (AvgIpc) is 2.89. The SMILES string of the molecule is CCCC(c1cccs1)N1CCC(N)C1=O. The van der Waals surface area contributed by atoms with Gasteiger partial charge in [-0.15, -0.1) is 11.3 Å². The van der Waals surface area contributed by atoms with Crippen molar-refractivity contribution in [1.82, 2.24) is 4.90 Å². The molecule has 4 heteroatoms. The molecule has 0 saturated carbocycles. The molecule has 2 N–H and O–H groups in total. The third-order valence-corrected chi connectivity index (χ3v) is 4.06. The van der Waals surface area contributed by atoms with Gasteiger partial charge in [-0.3, -0.25) is 4.79 Å². The lowest BCUT2D eigenvalue weighted by Gasteiger charge is -2.27. The van der Waals surface area contributed by atoms with Crippen LogP contribution in [0.5, 0.6) is 0 Å². The Hall–Kier alpha value is -0.870. The van der Waals surface area contributed by atoms with E-state index in [4.69, 9.17) is 5.73 Å². The molecular weight excluding hydrogens is 220 g/mol. The molecule has 2 atom stereocenters. The van der Waals surface area contributed by atoms with Gasteiger partial charge in [-0.2, -0.15) is 0 Å². The van der Waals surface area contributed by atoms with Crippen LogP contribution in [0.15, 0.2) is 17.5 Å². The van der Waals surface area contributed by atoms with Crippen LogP contribution in [-0.4, -0.2) is 23.4 Å². The Balaban J connectivity index is 2.17. The van der Waals surface area contributed by atoms with E-state index in [1.165, 1.54) is 4.88 Å². The Morgan fingerprint density at radius 3 is 3.00 bits per heavy atom. The van der Waals surface area contributed by atoms with Crippen molar-refractivity contribution in [1.29, 1.82) is 0 Å². The lowest BCUT2D eigenvalue weighted by atomic mass is 10.1. The van der Waals surface area contributed by atoms with Gasteiger partial charge in [-0.1, -0.05) is 19.4 Å². The fourth-order valence-corrected chi connectivity index (χ4v) is 3.11. The van der Waals surface area contributed by atoms with Gasteiger partial charge in [-0.25, -0.2) is 0 Å². The second-order valence-electron chi connectivity index (χ2n) is 4.25. The molecule has 88 valence electrons. The zero-order valence-electron chi connectivity index (χ0n) is 9.56. The predicted octanol–water partition coefficient (Wildman–Crippen LogP) is 2.15. The van der Waals surface area contributed by atoms with Gasteiger partial charge < -0.3 is 10.6 Å². The van der Waals surface area contributed by atoms with E-state index in [2.05, 4.69) is 18.4 Å². The Morgan fingerprint density at radius 2 is 2.50 bits per heavy atom. The molecule has 0 aliphatic carbocycles. The van der Waals surface area contributed by atoms with Gasteiger partial charge in [-0.05, 0) is 24.3 Å². The second kappa shape index (κ2) is 4.97. The number of rotatable bonds is 4. The van der Waals surface area contributed by atoms with Crippen LogP contribution in [0.4, 0.5) is 0 Å². The van der Waals surface area contributed by atoms with E-state index >= 15 is 0 Å². The van der Waals surface area contributed by atoms with Crippen LogP contribution in [0.1, 0.15) is 37.1 Å². The van der Waals surface area contributed by atoms with Crippen molar-refractivity contribution in [3.63, 3.8) is 0 Å². The highest BCUT2D eigenvalue weighted by atomic mass is 32.1. The number of carbonyl (C=O) groups is 1. The molecule has 2 heterocycles. The van der Waals surface area contributed by atoms with Crippen molar-refractivity contribution in [2.24, 2.45) is 5.73 Å². The van der Waals surface area contributed by atoms with Crippen molar-refractivity contribution < 1.29 is 4.79 Å². The minimum atomic E-state index is -0.278. The third kappa shape index (κ3) is 2.13. The minimum absolute atomic E-state index is 0.117. The normalized spacial score (nSPS) is 22.8. The van der Waals surface area contributed by atoms with Gasteiger partial charge in [0.05, 0.1) is 12.1 Å². The molecule has 1 aliphatic rings. The topological polar surface area (TPSA) is 46.3 Å². The Labute approximate surface area is 100 Å². The van der Waals surface area contributed by atoms with Crippen LogP contribution in [0, 0.1) is 0 Å². The number of nitrogens with zero attached hydrogens (tertiary/aromatic N) is 1. The fourth-order valence-electron chi connectivity index (χ4n) is 2.24. The molecule has 1 aromatic rings. The van der Waals surface area contributed by atoms with E-state index in [1.807, 2.05) is 11.0 Å². The summed E-state index contributed by atoms with van der Waals surface area (Å²) in [6.45, 7) is 2.96. The highest BCUT2D eigenvalue weighted by Crippen LogP contribution is 2.32. The van der Waals surface area contributed by atoms with Gasteiger partial charge in [0, 0.05) is 11.4 Å². The molecule has 2 unspecified atom stereocenters. The number of thiophene rings is 1. The number of likely N-dealkylation sites (tertiary alicyclic amines) is 1. The van der Waals surface area contributed by atoms with Crippen LogP contribution in [0.2, 0.25) is 0 Å². The largest absolute Gasteiger partial charge is 0.333 e. The number of hydrogen-bond acceptors (Lipinski definition) is 3. The molecule has 1 saturated heterocycles. The molecule has 1 aliphatic heterocycles. The van der Waals surface area contributed by atoms with Crippen molar-refractivity contribution in [3.8, 4) is 0 Å².